The van der Waals surface area contributed by atoms with Crippen LogP contribution in [0.2, 0.25) is 0 Å². The second-order valence-electron chi connectivity index (χ2n) is 4.51. The zero-order chi connectivity index (χ0) is 13.7. The van der Waals surface area contributed by atoms with E-state index in [0.29, 0.717) is 18.8 Å². The number of aliphatic carboxylic acids is 1. The van der Waals surface area contributed by atoms with Gasteiger partial charge in [0.2, 0.25) is 0 Å². The van der Waals surface area contributed by atoms with Crippen LogP contribution in [0.1, 0.15) is 23.2 Å². The lowest BCUT2D eigenvalue weighted by Gasteiger charge is -2.28. The van der Waals surface area contributed by atoms with Crippen LogP contribution in [0.3, 0.4) is 0 Å². The van der Waals surface area contributed by atoms with Crippen LogP contribution in [0, 0.1) is 5.92 Å². The molecule has 1 saturated heterocycles. The molecule has 0 saturated carbocycles. The fraction of sp³-hybridized carbons (Fsp3) is 0.462. The van der Waals surface area contributed by atoms with Crippen LogP contribution in [-0.4, -0.2) is 41.2 Å². The Kier molecular flexibility index (Phi) is 4.46. The van der Waals surface area contributed by atoms with Gasteiger partial charge in [0.25, 0.3) is 5.91 Å². The smallest absolute Gasteiger partial charge is 0.326 e. The molecular weight excluding hydrogens is 248 g/mol. The zero-order valence-corrected chi connectivity index (χ0v) is 10.4. The van der Waals surface area contributed by atoms with Crippen LogP contribution in [-0.2, 0) is 9.53 Å². The molecule has 6 nitrogen and oxygen atoms in total. The number of carboxylic acid groups (broad SMARTS) is 1. The highest BCUT2D eigenvalue weighted by Crippen LogP contribution is 2.18. The maximum absolute atomic E-state index is 11.9. The van der Waals surface area contributed by atoms with E-state index in [9.17, 15) is 14.7 Å². The van der Waals surface area contributed by atoms with Crippen molar-refractivity contribution in [2.75, 3.05) is 13.2 Å². The molecule has 1 fully saturated rings. The Labute approximate surface area is 110 Å². The number of carboxylic acids is 1. The highest BCUT2D eigenvalue weighted by atomic mass is 16.5. The molecule has 2 atom stereocenters. The van der Waals surface area contributed by atoms with Gasteiger partial charge in [0.05, 0.1) is 12.2 Å². The molecule has 2 unspecified atom stereocenters. The van der Waals surface area contributed by atoms with E-state index in [4.69, 9.17) is 4.74 Å². The van der Waals surface area contributed by atoms with Crippen molar-refractivity contribution >= 4 is 11.9 Å². The molecule has 0 spiro atoms. The minimum Gasteiger partial charge on any atom is -0.480 e. The molecule has 0 aromatic carbocycles. The van der Waals surface area contributed by atoms with E-state index in [1.165, 1.54) is 6.20 Å². The predicted molar refractivity (Wildman–Crippen MR) is 66.7 cm³/mol. The van der Waals surface area contributed by atoms with E-state index in [0.717, 1.165) is 12.8 Å². The third-order valence-electron chi connectivity index (χ3n) is 3.14. The third kappa shape index (κ3) is 3.51. The van der Waals surface area contributed by atoms with Gasteiger partial charge in [-0.2, -0.15) is 0 Å². The normalized spacial score (nSPS) is 20.5. The molecule has 1 aromatic heterocycles. The van der Waals surface area contributed by atoms with Crippen molar-refractivity contribution in [1.82, 2.24) is 10.3 Å². The summed E-state index contributed by atoms with van der Waals surface area (Å²) in [6.07, 6.45) is 4.52. The van der Waals surface area contributed by atoms with E-state index in [1.807, 2.05) is 0 Å². The van der Waals surface area contributed by atoms with Crippen molar-refractivity contribution in [3.8, 4) is 0 Å². The first-order valence-electron chi connectivity index (χ1n) is 6.20. The summed E-state index contributed by atoms with van der Waals surface area (Å²) in [5.41, 5.74) is 0.352. The van der Waals surface area contributed by atoms with Gasteiger partial charge in [-0.25, -0.2) is 4.79 Å². The Balaban J connectivity index is 2.04. The van der Waals surface area contributed by atoms with E-state index in [1.54, 1.807) is 18.3 Å². The number of carbonyl (C=O) groups is 2. The van der Waals surface area contributed by atoms with Crippen LogP contribution < -0.4 is 5.32 Å². The molecular formula is C13H16N2O4. The lowest BCUT2D eigenvalue weighted by molar-refractivity contribution is -0.142. The van der Waals surface area contributed by atoms with Gasteiger partial charge in [-0.15, -0.1) is 0 Å². The fourth-order valence-corrected chi connectivity index (χ4v) is 2.13. The topological polar surface area (TPSA) is 88.5 Å². The summed E-state index contributed by atoms with van der Waals surface area (Å²) < 4.78 is 5.27. The number of nitrogens with one attached hydrogen (secondary N) is 1. The summed E-state index contributed by atoms with van der Waals surface area (Å²) in [5.74, 6) is -1.65. The Morgan fingerprint density at radius 3 is 2.95 bits per heavy atom. The number of pyridine rings is 1. The Morgan fingerprint density at radius 2 is 2.37 bits per heavy atom. The van der Waals surface area contributed by atoms with E-state index in [2.05, 4.69) is 10.3 Å². The van der Waals surface area contributed by atoms with E-state index < -0.39 is 17.9 Å². The molecule has 0 bridgehead atoms. The number of aromatic nitrogens is 1. The zero-order valence-electron chi connectivity index (χ0n) is 10.4. The Bertz CT molecular complexity index is 443. The molecule has 0 radical (unpaired) electrons. The van der Waals surface area contributed by atoms with E-state index >= 15 is 0 Å². The summed E-state index contributed by atoms with van der Waals surface area (Å²) in [5, 5.41) is 11.8. The molecule has 6 heteroatoms. The van der Waals surface area contributed by atoms with Crippen LogP contribution in [0.4, 0.5) is 0 Å². The van der Waals surface area contributed by atoms with Gasteiger partial charge in [-0.1, -0.05) is 0 Å². The number of hydrogen-bond donors (Lipinski definition) is 2. The SMILES string of the molecule is O=C(NC(C(=O)O)C1CCCOC1)c1cccnc1. The largest absolute Gasteiger partial charge is 0.480 e. The number of nitrogens with zero attached hydrogens (tertiary/aromatic N) is 1. The van der Waals surface area contributed by atoms with E-state index in [-0.39, 0.29) is 5.92 Å². The van der Waals surface area contributed by atoms with Crippen molar-refractivity contribution in [3.63, 3.8) is 0 Å². The van der Waals surface area contributed by atoms with Crippen LogP contribution in [0.5, 0.6) is 0 Å². The predicted octanol–water partition coefficient (Wildman–Crippen LogP) is 0.691. The first-order valence-corrected chi connectivity index (χ1v) is 6.20. The van der Waals surface area contributed by atoms with Crippen LogP contribution in [0.15, 0.2) is 24.5 Å². The summed E-state index contributed by atoms with van der Waals surface area (Å²) in [7, 11) is 0. The van der Waals surface area contributed by atoms with Gasteiger partial charge >= 0.3 is 5.97 Å². The highest BCUT2D eigenvalue weighted by Gasteiger charge is 2.31. The van der Waals surface area contributed by atoms with Gasteiger partial charge in [-0.05, 0) is 25.0 Å². The van der Waals surface area contributed by atoms with Crippen molar-refractivity contribution in [2.24, 2.45) is 5.92 Å². The van der Waals surface area contributed by atoms with Gasteiger partial charge in [0, 0.05) is 24.9 Å². The lowest BCUT2D eigenvalue weighted by atomic mass is 9.93. The maximum Gasteiger partial charge on any atom is 0.326 e. The molecule has 19 heavy (non-hydrogen) atoms. The van der Waals surface area contributed by atoms with Crippen molar-refractivity contribution in [1.29, 1.82) is 0 Å². The van der Waals surface area contributed by atoms with Crippen LogP contribution >= 0.6 is 0 Å². The van der Waals surface area contributed by atoms with Gasteiger partial charge in [0.15, 0.2) is 0 Å². The number of hydrogen-bond acceptors (Lipinski definition) is 4. The quantitative estimate of drug-likeness (QED) is 0.835. The average molecular weight is 264 g/mol. The highest BCUT2D eigenvalue weighted by molar-refractivity contribution is 5.96. The van der Waals surface area contributed by atoms with Crippen molar-refractivity contribution < 1.29 is 19.4 Å². The number of rotatable bonds is 4. The summed E-state index contributed by atoms with van der Waals surface area (Å²) >= 11 is 0. The number of amides is 1. The molecule has 1 aliphatic heterocycles. The maximum atomic E-state index is 11.9. The van der Waals surface area contributed by atoms with Crippen LogP contribution in [0.25, 0.3) is 0 Å². The number of ether oxygens (including phenoxy) is 1. The minimum absolute atomic E-state index is 0.188. The van der Waals surface area contributed by atoms with Crippen molar-refractivity contribution in [2.45, 2.75) is 18.9 Å². The molecule has 0 aliphatic carbocycles. The molecule has 1 aromatic rings. The average Bonchev–Trinajstić information content (AvgIpc) is 2.46. The Morgan fingerprint density at radius 1 is 1.53 bits per heavy atom. The molecule has 102 valence electrons. The lowest BCUT2D eigenvalue weighted by Crippen LogP contribution is -2.48. The molecule has 2 rings (SSSR count). The summed E-state index contributed by atoms with van der Waals surface area (Å²) in [6, 6.07) is 2.31. The summed E-state index contributed by atoms with van der Waals surface area (Å²) in [6.45, 7) is 1.02. The number of carbonyl (C=O) groups excluding carboxylic acids is 1. The van der Waals surface area contributed by atoms with Gasteiger partial charge in [0.1, 0.15) is 6.04 Å². The molecule has 1 amide bonds. The second kappa shape index (κ2) is 6.29. The van der Waals surface area contributed by atoms with Gasteiger partial charge in [-0.3, -0.25) is 9.78 Å². The standard InChI is InChI=1S/C13H16N2O4/c16-12(9-3-1-5-14-7-9)15-11(13(17)18)10-4-2-6-19-8-10/h1,3,5,7,10-11H,2,4,6,8H2,(H,15,16)(H,17,18). The third-order valence-corrected chi connectivity index (χ3v) is 3.14. The second-order valence-corrected chi connectivity index (χ2v) is 4.51. The molecule has 2 N–H and O–H groups in total. The molecule has 2 heterocycles. The first kappa shape index (κ1) is 13.5. The summed E-state index contributed by atoms with van der Waals surface area (Å²) in [4.78, 5) is 27.1. The monoisotopic (exact) mass is 264 g/mol. The first-order chi connectivity index (χ1) is 9.18. The van der Waals surface area contributed by atoms with Crippen molar-refractivity contribution in [3.05, 3.63) is 30.1 Å². The van der Waals surface area contributed by atoms with Gasteiger partial charge < -0.3 is 15.2 Å². The minimum atomic E-state index is -1.03. The Hall–Kier alpha value is -1.95. The molecule has 1 aliphatic rings. The fourth-order valence-electron chi connectivity index (χ4n) is 2.13.